The van der Waals surface area contributed by atoms with E-state index < -0.39 is 0 Å². The lowest BCUT2D eigenvalue weighted by molar-refractivity contribution is -0.0367. The Morgan fingerprint density at radius 1 is 1.24 bits per heavy atom. The summed E-state index contributed by atoms with van der Waals surface area (Å²) in [6.07, 6.45) is -0.0462. The standard InChI is InChI=1S/C16H26N2O3/c1-5-19-15(16(2,3)4)14(18-17)11-6-7-12-13(10-11)21-9-8-20-12/h6-7,10,14-15,18H,5,8-9,17H2,1-4H3. The molecule has 0 fully saturated rings. The molecule has 0 amide bonds. The number of nitrogens with one attached hydrogen (secondary N) is 1. The molecule has 0 saturated heterocycles. The number of hydrogen-bond donors (Lipinski definition) is 2. The van der Waals surface area contributed by atoms with Crippen LogP contribution in [0.25, 0.3) is 0 Å². The summed E-state index contributed by atoms with van der Waals surface area (Å²) in [6.45, 7) is 10.3. The highest BCUT2D eigenvalue weighted by Gasteiger charge is 2.34. The van der Waals surface area contributed by atoms with Gasteiger partial charge in [0, 0.05) is 6.61 Å². The van der Waals surface area contributed by atoms with Gasteiger partial charge in [-0.25, -0.2) is 0 Å². The third kappa shape index (κ3) is 3.67. The minimum Gasteiger partial charge on any atom is -0.486 e. The second-order valence-electron chi connectivity index (χ2n) is 6.29. The summed E-state index contributed by atoms with van der Waals surface area (Å²) in [4.78, 5) is 0. The van der Waals surface area contributed by atoms with Gasteiger partial charge in [-0.1, -0.05) is 26.8 Å². The summed E-state index contributed by atoms with van der Waals surface area (Å²) >= 11 is 0. The maximum Gasteiger partial charge on any atom is 0.161 e. The molecular weight excluding hydrogens is 268 g/mol. The number of hydrogen-bond acceptors (Lipinski definition) is 5. The Hall–Kier alpha value is -1.30. The molecule has 2 atom stereocenters. The van der Waals surface area contributed by atoms with Gasteiger partial charge in [0.2, 0.25) is 0 Å². The van der Waals surface area contributed by atoms with Crippen LogP contribution in [0.1, 0.15) is 39.3 Å². The highest BCUT2D eigenvalue weighted by Crippen LogP contribution is 2.37. The zero-order chi connectivity index (χ0) is 15.5. The largest absolute Gasteiger partial charge is 0.486 e. The molecule has 21 heavy (non-hydrogen) atoms. The van der Waals surface area contributed by atoms with Crippen LogP contribution in [0.15, 0.2) is 18.2 Å². The normalized spacial score (nSPS) is 17.4. The lowest BCUT2D eigenvalue weighted by atomic mass is 9.82. The molecule has 0 aliphatic carbocycles. The van der Waals surface area contributed by atoms with Gasteiger partial charge >= 0.3 is 0 Å². The van der Waals surface area contributed by atoms with E-state index >= 15 is 0 Å². The number of hydrazine groups is 1. The Morgan fingerprint density at radius 2 is 1.90 bits per heavy atom. The van der Waals surface area contributed by atoms with E-state index in [2.05, 4.69) is 26.2 Å². The fourth-order valence-corrected chi connectivity index (χ4v) is 2.64. The molecule has 3 N–H and O–H groups in total. The molecular formula is C16H26N2O3. The average Bonchev–Trinajstić information content (AvgIpc) is 2.46. The summed E-state index contributed by atoms with van der Waals surface area (Å²) in [5, 5.41) is 0. The second-order valence-corrected chi connectivity index (χ2v) is 6.29. The number of benzene rings is 1. The van der Waals surface area contributed by atoms with Gasteiger partial charge in [0.15, 0.2) is 11.5 Å². The van der Waals surface area contributed by atoms with Crippen molar-refractivity contribution < 1.29 is 14.2 Å². The van der Waals surface area contributed by atoms with E-state index in [-0.39, 0.29) is 17.6 Å². The van der Waals surface area contributed by atoms with Crippen LogP contribution in [0.5, 0.6) is 11.5 Å². The van der Waals surface area contributed by atoms with Crippen LogP contribution in [0, 0.1) is 5.41 Å². The predicted octanol–water partition coefficient (Wildman–Crippen LogP) is 2.41. The summed E-state index contributed by atoms with van der Waals surface area (Å²) in [7, 11) is 0. The van der Waals surface area contributed by atoms with Crippen molar-refractivity contribution in [2.45, 2.75) is 39.8 Å². The molecule has 1 aliphatic heterocycles. The minimum atomic E-state index is -0.110. The Bertz CT molecular complexity index is 471. The van der Waals surface area contributed by atoms with Crippen LogP contribution in [-0.2, 0) is 4.74 Å². The maximum atomic E-state index is 5.94. The van der Waals surface area contributed by atoms with E-state index in [9.17, 15) is 0 Å². The molecule has 0 saturated carbocycles. The van der Waals surface area contributed by atoms with Gasteiger partial charge in [-0.15, -0.1) is 0 Å². The van der Waals surface area contributed by atoms with Crippen LogP contribution in [0.3, 0.4) is 0 Å². The second kappa shape index (κ2) is 6.64. The number of nitrogens with two attached hydrogens (primary N) is 1. The van der Waals surface area contributed by atoms with Crippen molar-refractivity contribution >= 4 is 0 Å². The zero-order valence-corrected chi connectivity index (χ0v) is 13.3. The first-order valence-corrected chi connectivity index (χ1v) is 7.44. The fraction of sp³-hybridized carbons (Fsp3) is 0.625. The minimum absolute atomic E-state index is 0.0414. The molecule has 1 aromatic rings. The molecule has 0 radical (unpaired) electrons. The quantitative estimate of drug-likeness (QED) is 0.645. The molecule has 2 rings (SSSR count). The maximum absolute atomic E-state index is 5.94. The first-order chi connectivity index (χ1) is 9.97. The van der Waals surface area contributed by atoms with Gasteiger partial charge in [-0.2, -0.15) is 0 Å². The Balaban J connectivity index is 2.31. The summed E-state index contributed by atoms with van der Waals surface area (Å²) < 4.78 is 17.2. The van der Waals surface area contributed by atoms with Gasteiger partial charge < -0.3 is 14.2 Å². The first-order valence-electron chi connectivity index (χ1n) is 7.44. The van der Waals surface area contributed by atoms with E-state index in [4.69, 9.17) is 20.1 Å². The number of ether oxygens (including phenoxy) is 3. The van der Waals surface area contributed by atoms with Crippen molar-refractivity contribution in [1.82, 2.24) is 5.43 Å². The van der Waals surface area contributed by atoms with Crippen molar-refractivity contribution in [3.05, 3.63) is 23.8 Å². The predicted molar refractivity (Wildman–Crippen MR) is 82.4 cm³/mol. The summed E-state index contributed by atoms with van der Waals surface area (Å²) in [5.74, 6) is 7.36. The van der Waals surface area contributed by atoms with Crippen LogP contribution >= 0.6 is 0 Å². The highest BCUT2D eigenvalue weighted by molar-refractivity contribution is 5.45. The topological polar surface area (TPSA) is 65.7 Å². The Kier molecular flexibility index (Phi) is 5.08. The molecule has 1 heterocycles. The van der Waals surface area contributed by atoms with Crippen molar-refractivity contribution in [3.63, 3.8) is 0 Å². The van der Waals surface area contributed by atoms with Gasteiger partial charge in [0.1, 0.15) is 13.2 Å². The van der Waals surface area contributed by atoms with Crippen LogP contribution in [0.2, 0.25) is 0 Å². The van der Waals surface area contributed by atoms with Crippen LogP contribution < -0.4 is 20.7 Å². The van der Waals surface area contributed by atoms with Crippen molar-refractivity contribution in [2.24, 2.45) is 11.3 Å². The molecule has 2 unspecified atom stereocenters. The monoisotopic (exact) mass is 294 g/mol. The zero-order valence-electron chi connectivity index (χ0n) is 13.3. The van der Waals surface area contributed by atoms with Gasteiger partial charge in [0.05, 0.1) is 12.1 Å². The van der Waals surface area contributed by atoms with Crippen molar-refractivity contribution in [3.8, 4) is 11.5 Å². The lowest BCUT2D eigenvalue weighted by Crippen LogP contribution is -2.44. The van der Waals surface area contributed by atoms with Crippen molar-refractivity contribution in [2.75, 3.05) is 19.8 Å². The van der Waals surface area contributed by atoms with E-state index in [0.29, 0.717) is 19.8 Å². The molecule has 0 spiro atoms. The lowest BCUT2D eigenvalue weighted by Gasteiger charge is -2.37. The fourth-order valence-electron chi connectivity index (χ4n) is 2.64. The molecule has 5 nitrogen and oxygen atoms in total. The SMILES string of the molecule is CCOC(C(NN)c1ccc2c(c1)OCCO2)C(C)(C)C. The first kappa shape index (κ1) is 16.1. The average molecular weight is 294 g/mol. The van der Waals surface area contributed by atoms with Crippen LogP contribution in [-0.4, -0.2) is 25.9 Å². The molecule has 1 aromatic carbocycles. The third-order valence-corrected chi connectivity index (χ3v) is 3.61. The molecule has 1 aliphatic rings. The Labute approximate surface area is 126 Å². The van der Waals surface area contributed by atoms with Gasteiger partial charge in [-0.3, -0.25) is 11.3 Å². The highest BCUT2D eigenvalue weighted by atomic mass is 16.6. The summed E-state index contributed by atoms with van der Waals surface area (Å²) in [6, 6.07) is 5.81. The molecule has 5 heteroatoms. The molecule has 0 bridgehead atoms. The van der Waals surface area contributed by atoms with E-state index in [1.165, 1.54) is 0 Å². The van der Waals surface area contributed by atoms with E-state index in [1.54, 1.807) is 0 Å². The van der Waals surface area contributed by atoms with E-state index in [0.717, 1.165) is 17.1 Å². The summed E-state index contributed by atoms with van der Waals surface area (Å²) in [5.41, 5.74) is 3.89. The molecule has 0 aromatic heterocycles. The molecule has 118 valence electrons. The van der Waals surface area contributed by atoms with Gasteiger partial charge in [0.25, 0.3) is 0 Å². The van der Waals surface area contributed by atoms with Gasteiger partial charge in [-0.05, 0) is 30.0 Å². The smallest absolute Gasteiger partial charge is 0.161 e. The van der Waals surface area contributed by atoms with E-state index in [1.807, 2.05) is 25.1 Å². The number of rotatable bonds is 5. The van der Waals surface area contributed by atoms with Crippen molar-refractivity contribution in [1.29, 1.82) is 0 Å². The number of fused-ring (bicyclic) bond motifs is 1. The third-order valence-electron chi connectivity index (χ3n) is 3.61. The Morgan fingerprint density at radius 3 is 2.48 bits per heavy atom. The van der Waals surface area contributed by atoms with Crippen LogP contribution in [0.4, 0.5) is 0 Å².